The zero-order valence-electron chi connectivity index (χ0n) is 18.5. The second-order valence-corrected chi connectivity index (χ2v) is 8.02. The van der Waals surface area contributed by atoms with Gasteiger partial charge in [0, 0.05) is 30.2 Å². The predicted molar refractivity (Wildman–Crippen MR) is 135 cm³/mol. The molecule has 178 valence electrons. The highest BCUT2D eigenvalue weighted by atomic mass is 35.5. The summed E-state index contributed by atoms with van der Waals surface area (Å²) in [6.07, 6.45) is 3.91. The van der Waals surface area contributed by atoms with E-state index in [2.05, 4.69) is 16.0 Å². The van der Waals surface area contributed by atoms with Crippen LogP contribution in [0.25, 0.3) is 0 Å². The number of amides is 3. The lowest BCUT2D eigenvalue weighted by Crippen LogP contribution is -2.31. The fraction of sp³-hybridized carbons (Fsp3) is 0.130. The first-order valence-corrected chi connectivity index (χ1v) is 10.7. The van der Waals surface area contributed by atoms with E-state index in [-0.39, 0.29) is 27.2 Å². The Morgan fingerprint density at radius 2 is 1.56 bits per heavy atom. The van der Waals surface area contributed by atoms with E-state index in [4.69, 9.17) is 34.3 Å². The minimum absolute atomic E-state index is 0.00686. The standard InChI is InChI=1S/C23H24Cl2N6O3/c1-31(2)12-4-7-19(32)28-14-8-10-15(11-9-14)29-23(34)21(27)18(13-26)30-22(33)20-16(24)5-3-6-17(20)25/h3-11,13,26H,12,27H2,1-2H3,(H,28,32)(H,29,34)(H,30,33)/b7-4+,21-18?,26-13?. The number of allylic oxidation sites excluding steroid dienone is 1. The summed E-state index contributed by atoms with van der Waals surface area (Å²) in [5, 5.41) is 15.4. The van der Waals surface area contributed by atoms with E-state index in [0.29, 0.717) is 17.9 Å². The van der Waals surface area contributed by atoms with Gasteiger partial charge in [-0.1, -0.05) is 35.3 Å². The molecule has 3 amide bonds. The zero-order chi connectivity index (χ0) is 25.3. The third kappa shape index (κ3) is 7.73. The van der Waals surface area contributed by atoms with Crippen LogP contribution in [0.15, 0.2) is 66.0 Å². The highest BCUT2D eigenvalue weighted by Crippen LogP contribution is 2.24. The van der Waals surface area contributed by atoms with Gasteiger partial charge in [-0.05, 0) is 50.5 Å². The van der Waals surface area contributed by atoms with Crippen LogP contribution in [0.3, 0.4) is 0 Å². The third-order valence-electron chi connectivity index (χ3n) is 4.27. The molecule has 2 rings (SSSR count). The van der Waals surface area contributed by atoms with E-state index in [1.807, 2.05) is 19.0 Å². The monoisotopic (exact) mass is 502 g/mol. The van der Waals surface area contributed by atoms with Crippen LogP contribution < -0.4 is 21.7 Å². The smallest absolute Gasteiger partial charge is 0.273 e. The van der Waals surface area contributed by atoms with Crippen molar-refractivity contribution in [3.8, 4) is 0 Å². The van der Waals surface area contributed by atoms with Gasteiger partial charge in [-0.15, -0.1) is 0 Å². The summed E-state index contributed by atoms with van der Waals surface area (Å²) in [6.45, 7) is 0.636. The lowest BCUT2D eigenvalue weighted by Gasteiger charge is -2.12. The van der Waals surface area contributed by atoms with Crippen molar-refractivity contribution in [2.24, 2.45) is 5.73 Å². The Morgan fingerprint density at radius 1 is 1.00 bits per heavy atom. The average molecular weight is 503 g/mol. The number of nitrogens with one attached hydrogen (secondary N) is 4. The van der Waals surface area contributed by atoms with Gasteiger partial charge in [-0.2, -0.15) is 0 Å². The van der Waals surface area contributed by atoms with Gasteiger partial charge < -0.3 is 32.0 Å². The van der Waals surface area contributed by atoms with E-state index in [1.165, 1.54) is 18.2 Å². The van der Waals surface area contributed by atoms with Crippen LogP contribution in [-0.2, 0) is 9.59 Å². The molecule has 0 radical (unpaired) electrons. The summed E-state index contributed by atoms with van der Waals surface area (Å²) in [6, 6.07) is 10.9. The second-order valence-electron chi connectivity index (χ2n) is 7.21. The molecule has 0 bridgehead atoms. The summed E-state index contributed by atoms with van der Waals surface area (Å²) in [4.78, 5) is 38.9. The van der Waals surface area contributed by atoms with Gasteiger partial charge in [-0.3, -0.25) is 14.4 Å². The number of hydrogen-bond donors (Lipinski definition) is 5. The first kappa shape index (κ1) is 26.6. The van der Waals surface area contributed by atoms with E-state index < -0.39 is 17.5 Å². The van der Waals surface area contributed by atoms with Crippen molar-refractivity contribution in [3.63, 3.8) is 0 Å². The van der Waals surface area contributed by atoms with Crippen LogP contribution in [0, 0.1) is 5.41 Å². The maximum Gasteiger partial charge on any atom is 0.273 e. The van der Waals surface area contributed by atoms with Crippen LogP contribution in [0.1, 0.15) is 10.4 Å². The topological polar surface area (TPSA) is 140 Å². The van der Waals surface area contributed by atoms with Gasteiger partial charge in [-0.25, -0.2) is 0 Å². The summed E-state index contributed by atoms with van der Waals surface area (Å²) in [5.74, 6) is -1.74. The molecule has 0 aromatic heterocycles. The minimum atomic E-state index is -0.743. The quantitative estimate of drug-likeness (QED) is 0.264. The van der Waals surface area contributed by atoms with Gasteiger partial charge in [0.25, 0.3) is 11.8 Å². The van der Waals surface area contributed by atoms with Gasteiger partial charge in [0.1, 0.15) is 5.70 Å². The highest BCUT2D eigenvalue weighted by Gasteiger charge is 2.18. The van der Waals surface area contributed by atoms with E-state index in [0.717, 1.165) is 6.21 Å². The molecule has 0 aliphatic rings. The van der Waals surface area contributed by atoms with Crippen molar-refractivity contribution in [1.82, 2.24) is 10.2 Å². The molecule has 34 heavy (non-hydrogen) atoms. The van der Waals surface area contributed by atoms with Crippen molar-refractivity contribution >= 4 is 58.5 Å². The summed E-state index contributed by atoms with van der Waals surface area (Å²) >= 11 is 12.0. The van der Waals surface area contributed by atoms with Crippen LogP contribution in [0.5, 0.6) is 0 Å². The molecular formula is C23H24Cl2N6O3. The van der Waals surface area contributed by atoms with Crippen LogP contribution >= 0.6 is 23.2 Å². The summed E-state index contributed by atoms with van der Waals surface area (Å²) in [7, 11) is 3.79. The van der Waals surface area contributed by atoms with Gasteiger partial charge in [0.15, 0.2) is 0 Å². The molecule has 6 N–H and O–H groups in total. The maximum atomic E-state index is 12.5. The third-order valence-corrected chi connectivity index (χ3v) is 4.90. The highest BCUT2D eigenvalue weighted by molar-refractivity contribution is 6.39. The predicted octanol–water partition coefficient (Wildman–Crippen LogP) is 3.24. The first-order chi connectivity index (χ1) is 16.1. The van der Waals surface area contributed by atoms with Crippen molar-refractivity contribution in [2.45, 2.75) is 0 Å². The Bertz CT molecular complexity index is 1120. The number of halogens is 2. The number of anilines is 2. The van der Waals surface area contributed by atoms with E-state index in [1.54, 1.807) is 36.4 Å². The number of nitrogens with two attached hydrogens (primary N) is 1. The molecule has 2 aromatic rings. The Kier molecular flexibility index (Phi) is 9.81. The Hall–Kier alpha value is -3.66. The SMILES string of the molecule is CN(C)C/C=C/C(=O)Nc1ccc(NC(=O)C(N)=C(C=N)NC(=O)c2c(Cl)cccc2Cl)cc1. The fourth-order valence-corrected chi connectivity index (χ4v) is 3.16. The molecule has 0 atom stereocenters. The molecule has 0 aliphatic carbocycles. The largest absolute Gasteiger partial charge is 0.393 e. The Labute approximate surface area is 207 Å². The van der Waals surface area contributed by atoms with Crippen LogP contribution in [0.2, 0.25) is 10.0 Å². The molecule has 0 unspecified atom stereocenters. The second kappa shape index (κ2) is 12.5. The normalized spacial score (nSPS) is 11.7. The number of rotatable bonds is 9. The summed E-state index contributed by atoms with van der Waals surface area (Å²) < 4.78 is 0. The lowest BCUT2D eigenvalue weighted by molar-refractivity contribution is -0.113. The minimum Gasteiger partial charge on any atom is -0.393 e. The fourth-order valence-electron chi connectivity index (χ4n) is 2.59. The molecule has 2 aromatic carbocycles. The zero-order valence-corrected chi connectivity index (χ0v) is 20.0. The van der Waals surface area contributed by atoms with E-state index in [9.17, 15) is 14.4 Å². The van der Waals surface area contributed by atoms with Gasteiger partial charge in [0.05, 0.1) is 21.3 Å². The molecule has 0 fully saturated rings. The van der Waals surface area contributed by atoms with Crippen LogP contribution in [-0.4, -0.2) is 49.5 Å². The number of benzene rings is 2. The molecule has 0 aliphatic heterocycles. The molecule has 9 nitrogen and oxygen atoms in total. The van der Waals surface area contributed by atoms with Gasteiger partial charge >= 0.3 is 0 Å². The summed E-state index contributed by atoms with van der Waals surface area (Å²) in [5.41, 5.74) is 6.14. The molecular weight excluding hydrogens is 479 g/mol. The molecule has 0 spiro atoms. The molecule has 0 heterocycles. The Balaban J connectivity index is 2.05. The molecule has 0 saturated heterocycles. The van der Waals surface area contributed by atoms with Crippen molar-refractivity contribution in [2.75, 3.05) is 31.3 Å². The lowest BCUT2D eigenvalue weighted by atomic mass is 10.2. The van der Waals surface area contributed by atoms with Crippen molar-refractivity contribution < 1.29 is 14.4 Å². The first-order valence-electron chi connectivity index (χ1n) is 9.91. The molecule has 11 heteroatoms. The molecule has 0 saturated carbocycles. The Morgan fingerprint density at radius 3 is 2.09 bits per heavy atom. The van der Waals surface area contributed by atoms with Gasteiger partial charge in [0.2, 0.25) is 5.91 Å². The van der Waals surface area contributed by atoms with Crippen LogP contribution in [0.4, 0.5) is 11.4 Å². The maximum absolute atomic E-state index is 12.5. The van der Waals surface area contributed by atoms with E-state index >= 15 is 0 Å². The van der Waals surface area contributed by atoms with Crippen molar-refractivity contribution in [1.29, 1.82) is 5.41 Å². The number of nitrogens with zero attached hydrogens (tertiary/aromatic N) is 1. The number of hydrogen-bond acceptors (Lipinski definition) is 6. The number of likely N-dealkylation sites (N-methyl/N-ethyl adjacent to an activating group) is 1. The average Bonchev–Trinajstić information content (AvgIpc) is 2.77. The number of carbonyl (C=O) groups is 3. The van der Waals surface area contributed by atoms with Crippen molar-refractivity contribution in [3.05, 3.63) is 81.6 Å². The number of carbonyl (C=O) groups excluding carboxylic acids is 3.